The molecule has 2 unspecified atom stereocenters. The van der Waals surface area contributed by atoms with Crippen LogP contribution in [0.25, 0.3) is 0 Å². The van der Waals surface area contributed by atoms with Crippen molar-refractivity contribution in [2.45, 2.75) is 6.04 Å². The summed E-state index contributed by atoms with van der Waals surface area (Å²) in [5.41, 5.74) is 0. The molecule has 9 heavy (non-hydrogen) atoms. The van der Waals surface area contributed by atoms with Gasteiger partial charge in [-0.05, 0) is 6.16 Å². The first-order chi connectivity index (χ1) is 4.38. The minimum absolute atomic E-state index is 0.117. The average Bonchev–Trinajstić information content (AvgIpc) is 2.33. The van der Waals surface area contributed by atoms with Crippen molar-refractivity contribution in [1.29, 1.82) is 5.26 Å². The molecule has 4 heteroatoms. The highest BCUT2D eigenvalue weighted by Gasteiger charge is 2.21. The lowest BCUT2D eigenvalue weighted by atomic mass is 10.4. The molecular formula is C5H7N2OP. The fraction of sp³-hybridized carbons (Fsp3) is 0.600. The van der Waals surface area contributed by atoms with Gasteiger partial charge in [0, 0.05) is 6.29 Å². The molecule has 1 heterocycles. The number of aldehydes is 1. The van der Waals surface area contributed by atoms with Crippen LogP contribution in [-0.4, -0.2) is 29.7 Å². The van der Waals surface area contributed by atoms with E-state index in [1.54, 1.807) is 0 Å². The van der Waals surface area contributed by atoms with Crippen LogP contribution in [0.4, 0.5) is 0 Å². The van der Waals surface area contributed by atoms with E-state index in [0.717, 1.165) is 27.3 Å². The second kappa shape index (κ2) is 2.80. The minimum atomic E-state index is -0.117. The molecule has 0 bridgehead atoms. The van der Waals surface area contributed by atoms with E-state index in [1.165, 1.54) is 4.90 Å². The molecule has 1 aliphatic heterocycles. The highest BCUT2D eigenvalue weighted by Crippen LogP contribution is 2.23. The zero-order chi connectivity index (χ0) is 6.69. The fourth-order valence-electron chi connectivity index (χ4n) is 0.791. The Morgan fingerprint density at radius 3 is 3.11 bits per heavy atom. The van der Waals surface area contributed by atoms with Crippen LogP contribution in [0, 0.1) is 11.5 Å². The van der Waals surface area contributed by atoms with E-state index in [2.05, 4.69) is 0 Å². The normalized spacial score (nSPS) is 28.3. The van der Waals surface area contributed by atoms with Crippen LogP contribution in [0.2, 0.25) is 0 Å². The molecule has 0 aromatic rings. The lowest BCUT2D eigenvalue weighted by molar-refractivity contribution is -0.110. The first-order valence-corrected chi connectivity index (χ1v) is 4.12. The molecule has 0 aliphatic carbocycles. The number of hydrogen-bond donors (Lipinski definition) is 0. The maximum Gasteiger partial charge on any atom is 0.180 e. The van der Waals surface area contributed by atoms with Gasteiger partial charge in [-0.3, -0.25) is 4.90 Å². The van der Waals surface area contributed by atoms with Crippen LogP contribution in [-0.2, 0) is 4.79 Å². The topological polar surface area (TPSA) is 44.1 Å². The van der Waals surface area contributed by atoms with E-state index in [4.69, 9.17) is 5.26 Å². The zero-order valence-electron chi connectivity index (χ0n) is 4.87. The van der Waals surface area contributed by atoms with Gasteiger partial charge in [-0.15, -0.1) is 0 Å². The highest BCUT2D eigenvalue weighted by molar-refractivity contribution is 7.38. The number of carbonyl (C=O) groups excluding carboxylic acids is 1. The largest absolute Gasteiger partial charge is 0.301 e. The van der Waals surface area contributed by atoms with Gasteiger partial charge in [-0.2, -0.15) is 5.26 Å². The third kappa shape index (κ3) is 1.20. The van der Waals surface area contributed by atoms with Crippen molar-refractivity contribution in [3.8, 4) is 6.19 Å². The molecule has 48 valence electrons. The van der Waals surface area contributed by atoms with Crippen molar-refractivity contribution < 1.29 is 4.79 Å². The number of carbonyl (C=O) groups is 1. The molecule has 0 N–H and O–H groups in total. The van der Waals surface area contributed by atoms with Crippen molar-refractivity contribution in [3.63, 3.8) is 0 Å². The van der Waals surface area contributed by atoms with Crippen LogP contribution in [0.3, 0.4) is 0 Å². The maximum atomic E-state index is 10.2. The molecule has 1 saturated heterocycles. The Kier molecular flexibility index (Phi) is 2.02. The Morgan fingerprint density at radius 1 is 1.89 bits per heavy atom. The van der Waals surface area contributed by atoms with Crippen LogP contribution < -0.4 is 0 Å². The van der Waals surface area contributed by atoms with Crippen LogP contribution in [0.15, 0.2) is 0 Å². The van der Waals surface area contributed by atoms with Gasteiger partial charge in [0.2, 0.25) is 0 Å². The second-order valence-corrected chi connectivity index (χ2v) is 3.11. The fourth-order valence-corrected chi connectivity index (χ4v) is 2.08. The summed E-state index contributed by atoms with van der Waals surface area (Å²) in [5, 5.41) is 8.39. The third-order valence-corrected chi connectivity index (χ3v) is 2.59. The third-order valence-electron chi connectivity index (χ3n) is 1.32. The molecule has 0 radical (unpaired) electrons. The second-order valence-electron chi connectivity index (χ2n) is 1.89. The van der Waals surface area contributed by atoms with Gasteiger partial charge in [0.15, 0.2) is 6.19 Å². The van der Waals surface area contributed by atoms with Crippen LogP contribution in [0.1, 0.15) is 0 Å². The Bertz CT molecular complexity index is 154. The first kappa shape index (κ1) is 6.51. The van der Waals surface area contributed by atoms with E-state index in [9.17, 15) is 4.79 Å². The molecular weight excluding hydrogens is 135 g/mol. The SMILES string of the molecule is N#CN1CPCC1C=O. The summed E-state index contributed by atoms with van der Waals surface area (Å²) < 4.78 is 0. The van der Waals surface area contributed by atoms with Gasteiger partial charge >= 0.3 is 0 Å². The van der Waals surface area contributed by atoms with Crippen molar-refractivity contribution >= 4 is 14.9 Å². The van der Waals surface area contributed by atoms with Gasteiger partial charge in [-0.1, -0.05) is 8.58 Å². The molecule has 0 saturated carbocycles. The Morgan fingerprint density at radius 2 is 2.67 bits per heavy atom. The van der Waals surface area contributed by atoms with Gasteiger partial charge in [0.1, 0.15) is 6.29 Å². The smallest absolute Gasteiger partial charge is 0.180 e. The number of hydrogen-bond acceptors (Lipinski definition) is 3. The number of nitriles is 1. The van der Waals surface area contributed by atoms with E-state index >= 15 is 0 Å². The molecule has 0 amide bonds. The standard InChI is InChI=1S/C5H7N2OP/c6-3-7-4-9-2-5(7)1-8/h1,5,9H,2,4H2. The molecule has 0 aromatic carbocycles. The highest BCUT2D eigenvalue weighted by atomic mass is 31.1. The summed E-state index contributed by atoms with van der Waals surface area (Å²) in [6, 6.07) is -0.117. The minimum Gasteiger partial charge on any atom is -0.301 e. The van der Waals surface area contributed by atoms with E-state index in [1.807, 2.05) is 6.19 Å². The summed E-state index contributed by atoms with van der Waals surface area (Å²) >= 11 is 0. The summed E-state index contributed by atoms with van der Waals surface area (Å²) in [4.78, 5) is 11.7. The molecule has 1 aliphatic rings. The zero-order valence-corrected chi connectivity index (χ0v) is 5.87. The molecule has 0 aromatic heterocycles. The van der Waals surface area contributed by atoms with Gasteiger partial charge in [0.25, 0.3) is 0 Å². The van der Waals surface area contributed by atoms with Crippen LogP contribution >= 0.6 is 8.58 Å². The first-order valence-electron chi connectivity index (χ1n) is 2.71. The summed E-state index contributed by atoms with van der Waals surface area (Å²) in [6.07, 6.45) is 4.47. The van der Waals surface area contributed by atoms with E-state index in [-0.39, 0.29) is 6.04 Å². The lowest BCUT2D eigenvalue weighted by Crippen LogP contribution is -2.27. The van der Waals surface area contributed by atoms with Gasteiger partial charge in [0.05, 0.1) is 6.04 Å². The Hall–Kier alpha value is -0.610. The van der Waals surface area contributed by atoms with Gasteiger partial charge < -0.3 is 4.79 Å². The molecule has 3 nitrogen and oxygen atoms in total. The summed E-state index contributed by atoms with van der Waals surface area (Å²) in [6.45, 7) is 0. The predicted octanol–water partition coefficient (Wildman–Crippen LogP) is -0.0134. The Labute approximate surface area is 55.4 Å². The van der Waals surface area contributed by atoms with E-state index < -0.39 is 0 Å². The molecule has 2 atom stereocenters. The monoisotopic (exact) mass is 142 g/mol. The molecule has 0 spiro atoms. The van der Waals surface area contributed by atoms with Crippen molar-refractivity contribution in [2.24, 2.45) is 0 Å². The lowest BCUT2D eigenvalue weighted by Gasteiger charge is -2.09. The van der Waals surface area contributed by atoms with Crippen molar-refractivity contribution in [1.82, 2.24) is 4.90 Å². The van der Waals surface area contributed by atoms with Crippen molar-refractivity contribution in [2.75, 3.05) is 12.4 Å². The molecule has 1 fully saturated rings. The van der Waals surface area contributed by atoms with Crippen molar-refractivity contribution in [3.05, 3.63) is 0 Å². The average molecular weight is 142 g/mol. The van der Waals surface area contributed by atoms with Crippen LogP contribution in [0.5, 0.6) is 0 Å². The van der Waals surface area contributed by atoms with E-state index in [0.29, 0.717) is 0 Å². The van der Waals surface area contributed by atoms with Gasteiger partial charge in [-0.25, -0.2) is 0 Å². The Balaban J connectivity index is 2.53. The predicted molar refractivity (Wildman–Crippen MR) is 35.4 cm³/mol. The number of nitrogens with zero attached hydrogens (tertiary/aromatic N) is 2. The summed E-state index contributed by atoms with van der Waals surface area (Å²) in [5.74, 6) is 0. The number of rotatable bonds is 1. The quantitative estimate of drug-likeness (QED) is 0.294. The molecule has 1 rings (SSSR count). The maximum absolute atomic E-state index is 10.2. The summed E-state index contributed by atoms with van der Waals surface area (Å²) in [7, 11) is 0.755.